The summed E-state index contributed by atoms with van der Waals surface area (Å²) >= 11 is 12.5. The standard InChI is InChI=1S/C29H25Cl2NO6/c1-15(2)38-29(36)18-9-6-10-20(12-18)32-24(17-8-5-7-16(3)11-17)23(26(34)28(32)35)25(33)21-13-19(30)14-22(31)27(21)37-4/h5-15,24,33H,1-4H3/b25-23+. The van der Waals surface area contributed by atoms with Crippen LogP contribution in [0.25, 0.3) is 5.76 Å². The molecular weight excluding hydrogens is 529 g/mol. The molecule has 196 valence electrons. The Morgan fingerprint density at radius 2 is 1.74 bits per heavy atom. The Morgan fingerprint density at radius 3 is 2.39 bits per heavy atom. The Hall–Kier alpha value is -3.81. The number of benzene rings is 3. The van der Waals surface area contributed by atoms with Gasteiger partial charge in [0.2, 0.25) is 0 Å². The van der Waals surface area contributed by atoms with Gasteiger partial charge < -0.3 is 14.6 Å². The number of esters is 1. The fourth-order valence-electron chi connectivity index (χ4n) is 4.41. The molecule has 7 nitrogen and oxygen atoms in total. The highest BCUT2D eigenvalue weighted by Crippen LogP contribution is 2.45. The number of hydrogen-bond donors (Lipinski definition) is 1. The van der Waals surface area contributed by atoms with Crippen molar-refractivity contribution in [2.45, 2.75) is 32.9 Å². The Labute approximate surface area is 230 Å². The lowest BCUT2D eigenvalue weighted by molar-refractivity contribution is -0.132. The second-order valence-electron chi connectivity index (χ2n) is 9.06. The average molecular weight is 554 g/mol. The minimum absolute atomic E-state index is 0.0647. The Balaban J connectivity index is 1.96. The van der Waals surface area contributed by atoms with Crippen molar-refractivity contribution in [2.24, 2.45) is 0 Å². The number of aryl methyl sites for hydroxylation is 1. The van der Waals surface area contributed by atoms with Crippen LogP contribution >= 0.6 is 23.2 Å². The van der Waals surface area contributed by atoms with Gasteiger partial charge >= 0.3 is 5.97 Å². The molecule has 3 aromatic rings. The zero-order valence-electron chi connectivity index (χ0n) is 21.1. The zero-order valence-corrected chi connectivity index (χ0v) is 22.6. The van der Waals surface area contributed by atoms with Crippen molar-refractivity contribution in [3.05, 3.63) is 98.5 Å². The maximum absolute atomic E-state index is 13.5. The van der Waals surface area contributed by atoms with Crippen LogP contribution < -0.4 is 9.64 Å². The quantitative estimate of drug-likeness (QED) is 0.162. The van der Waals surface area contributed by atoms with Crippen LogP contribution in [0.5, 0.6) is 5.75 Å². The number of hydrogen-bond acceptors (Lipinski definition) is 6. The van der Waals surface area contributed by atoms with E-state index < -0.39 is 29.5 Å². The Morgan fingerprint density at radius 1 is 1.03 bits per heavy atom. The molecule has 1 unspecified atom stereocenters. The van der Waals surface area contributed by atoms with Gasteiger partial charge in [-0.3, -0.25) is 14.5 Å². The van der Waals surface area contributed by atoms with E-state index in [2.05, 4.69) is 0 Å². The first-order valence-electron chi connectivity index (χ1n) is 11.8. The van der Waals surface area contributed by atoms with E-state index in [9.17, 15) is 19.5 Å². The second kappa shape index (κ2) is 10.9. The first kappa shape index (κ1) is 27.2. The van der Waals surface area contributed by atoms with Crippen LogP contribution in [0.3, 0.4) is 0 Å². The van der Waals surface area contributed by atoms with Crippen LogP contribution in [-0.4, -0.2) is 36.0 Å². The fourth-order valence-corrected chi connectivity index (χ4v) is 4.98. The number of rotatable bonds is 6. The molecule has 0 bridgehead atoms. The molecule has 0 radical (unpaired) electrons. The molecule has 1 aliphatic rings. The van der Waals surface area contributed by atoms with Gasteiger partial charge in [0, 0.05) is 10.7 Å². The molecule has 9 heteroatoms. The van der Waals surface area contributed by atoms with Crippen LogP contribution in [0.4, 0.5) is 5.69 Å². The maximum Gasteiger partial charge on any atom is 0.338 e. The molecule has 1 fully saturated rings. The van der Waals surface area contributed by atoms with Crippen LogP contribution in [0.2, 0.25) is 10.0 Å². The van der Waals surface area contributed by atoms with E-state index >= 15 is 0 Å². The predicted octanol–water partition coefficient (Wildman–Crippen LogP) is 6.50. The molecule has 38 heavy (non-hydrogen) atoms. The van der Waals surface area contributed by atoms with Crippen molar-refractivity contribution in [1.29, 1.82) is 0 Å². The molecule has 1 N–H and O–H groups in total. The van der Waals surface area contributed by atoms with Crippen molar-refractivity contribution in [2.75, 3.05) is 12.0 Å². The van der Waals surface area contributed by atoms with Crippen LogP contribution in [0.15, 0.2) is 66.2 Å². The van der Waals surface area contributed by atoms with E-state index in [1.807, 2.05) is 19.1 Å². The minimum atomic E-state index is -1.02. The first-order chi connectivity index (χ1) is 18.0. The smallest absolute Gasteiger partial charge is 0.338 e. The number of aliphatic hydroxyl groups excluding tert-OH is 1. The highest BCUT2D eigenvalue weighted by atomic mass is 35.5. The van der Waals surface area contributed by atoms with E-state index in [-0.39, 0.29) is 44.3 Å². The topological polar surface area (TPSA) is 93.1 Å². The van der Waals surface area contributed by atoms with E-state index in [0.717, 1.165) is 5.56 Å². The third-order valence-electron chi connectivity index (χ3n) is 5.97. The van der Waals surface area contributed by atoms with Gasteiger partial charge in [-0.25, -0.2) is 4.79 Å². The highest BCUT2D eigenvalue weighted by molar-refractivity contribution is 6.52. The summed E-state index contributed by atoms with van der Waals surface area (Å²) < 4.78 is 10.7. The highest BCUT2D eigenvalue weighted by Gasteiger charge is 2.47. The summed E-state index contributed by atoms with van der Waals surface area (Å²) in [4.78, 5) is 40.8. The summed E-state index contributed by atoms with van der Waals surface area (Å²) in [5, 5.41) is 11.8. The van der Waals surface area contributed by atoms with Gasteiger partial charge in [-0.05, 0) is 56.7 Å². The molecule has 0 saturated carbocycles. The predicted molar refractivity (Wildman–Crippen MR) is 146 cm³/mol. The van der Waals surface area contributed by atoms with Gasteiger partial charge in [-0.15, -0.1) is 0 Å². The molecule has 4 rings (SSSR count). The Bertz CT molecular complexity index is 1480. The molecule has 0 aromatic heterocycles. The van der Waals surface area contributed by atoms with Gasteiger partial charge in [0.25, 0.3) is 11.7 Å². The number of halogens is 2. The van der Waals surface area contributed by atoms with E-state index in [0.29, 0.717) is 5.56 Å². The average Bonchev–Trinajstić information content (AvgIpc) is 3.13. The Kier molecular flexibility index (Phi) is 7.81. The van der Waals surface area contributed by atoms with Gasteiger partial charge in [0.1, 0.15) is 11.5 Å². The van der Waals surface area contributed by atoms with Gasteiger partial charge in [0.05, 0.1) is 41.0 Å². The molecule has 1 saturated heterocycles. The monoisotopic (exact) mass is 553 g/mol. The van der Waals surface area contributed by atoms with Crippen molar-refractivity contribution in [1.82, 2.24) is 0 Å². The SMILES string of the molecule is COc1c(Cl)cc(Cl)cc1/C(O)=C1\C(=O)C(=O)N(c2cccc(C(=O)OC(C)C)c2)C1c1cccc(C)c1. The summed E-state index contributed by atoms with van der Waals surface area (Å²) in [6.07, 6.45) is -0.341. The summed E-state index contributed by atoms with van der Waals surface area (Å²) in [6.45, 7) is 5.33. The number of Topliss-reactive ketones (excluding diaryl/α,β-unsaturated/α-hetero) is 1. The first-order valence-corrected chi connectivity index (χ1v) is 12.5. The van der Waals surface area contributed by atoms with Crippen LogP contribution in [0.1, 0.15) is 46.9 Å². The zero-order chi connectivity index (χ0) is 27.7. The van der Waals surface area contributed by atoms with Crippen molar-refractivity contribution in [3.8, 4) is 5.75 Å². The summed E-state index contributed by atoms with van der Waals surface area (Å²) in [5.74, 6) is -2.75. The van der Waals surface area contributed by atoms with Crippen molar-refractivity contribution < 1.29 is 29.0 Å². The number of anilines is 1. The lowest BCUT2D eigenvalue weighted by Gasteiger charge is -2.26. The number of amides is 1. The van der Waals surface area contributed by atoms with Gasteiger partial charge in [0.15, 0.2) is 0 Å². The number of ether oxygens (including phenoxy) is 2. The summed E-state index contributed by atoms with van der Waals surface area (Å²) in [7, 11) is 1.37. The minimum Gasteiger partial charge on any atom is -0.507 e. The number of aliphatic hydroxyl groups is 1. The van der Waals surface area contributed by atoms with E-state index in [1.54, 1.807) is 44.2 Å². The third-order valence-corrected chi connectivity index (χ3v) is 6.47. The normalized spacial score (nSPS) is 16.7. The molecule has 0 spiro atoms. The van der Waals surface area contributed by atoms with Crippen LogP contribution in [-0.2, 0) is 14.3 Å². The molecule has 3 aromatic carbocycles. The molecular formula is C29H25Cl2NO6. The van der Waals surface area contributed by atoms with E-state index in [4.69, 9.17) is 32.7 Å². The maximum atomic E-state index is 13.5. The van der Waals surface area contributed by atoms with Crippen molar-refractivity contribution in [3.63, 3.8) is 0 Å². The summed E-state index contributed by atoms with van der Waals surface area (Å²) in [6, 6.07) is 15.3. The number of methoxy groups -OCH3 is 1. The lowest BCUT2D eigenvalue weighted by atomic mass is 9.94. The summed E-state index contributed by atoms with van der Waals surface area (Å²) in [5.41, 5.74) is 1.84. The molecule has 1 atom stereocenters. The fraction of sp³-hybridized carbons (Fsp3) is 0.207. The lowest BCUT2D eigenvalue weighted by Crippen LogP contribution is -2.29. The van der Waals surface area contributed by atoms with Gasteiger partial charge in [-0.2, -0.15) is 0 Å². The molecule has 1 heterocycles. The number of carbonyl (C=O) groups is 3. The largest absolute Gasteiger partial charge is 0.507 e. The number of carbonyl (C=O) groups excluding carboxylic acids is 3. The van der Waals surface area contributed by atoms with E-state index in [1.165, 1.54) is 30.2 Å². The third kappa shape index (κ3) is 5.12. The number of ketones is 1. The molecule has 0 aliphatic carbocycles. The second-order valence-corrected chi connectivity index (χ2v) is 9.90. The molecule has 1 amide bonds. The molecule has 1 aliphatic heterocycles. The van der Waals surface area contributed by atoms with Crippen LogP contribution in [0, 0.1) is 6.92 Å². The number of nitrogens with zero attached hydrogens (tertiary/aromatic N) is 1. The van der Waals surface area contributed by atoms with Gasteiger partial charge in [-0.1, -0.05) is 59.1 Å². The van der Waals surface area contributed by atoms with Crippen molar-refractivity contribution >= 4 is 52.3 Å².